The molecule has 1 N–H and O–H groups in total. The van der Waals surface area contributed by atoms with Crippen molar-refractivity contribution in [3.8, 4) is 5.75 Å². The molecule has 0 saturated heterocycles. The average molecular weight is 289 g/mol. The van der Waals surface area contributed by atoms with E-state index in [0.717, 1.165) is 18.4 Å². The fourth-order valence-electron chi connectivity index (χ4n) is 2.65. The molecule has 2 rings (SSSR count). The summed E-state index contributed by atoms with van der Waals surface area (Å²) in [5.41, 5.74) is 1.52. The van der Waals surface area contributed by atoms with E-state index in [1.807, 2.05) is 13.0 Å². The molecule has 0 bridgehead atoms. The molecule has 4 heteroatoms. The number of carbonyl (C=O) groups excluding carboxylic acids is 2. The minimum Gasteiger partial charge on any atom is -0.480 e. The zero-order valence-electron chi connectivity index (χ0n) is 12.9. The molecule has 0 aliphatic heterocycles. The van der Waals surface area contributed by atoms with Gasteiger partial charge in [0.05, 0.1) is 5.56 Å². The number of rotatable bonds is 5. The smallest absolute Gasteiger partial charge is 0.260 e. The summed E-state index contributed by atoms with van der Waals surface area (Å²) in [5, 5.41) is 3.01. The highest BCUT2D eigenvalue weighted by atomic mass is 16.5. The maximum absolute atomic E-state index is 12.1. The van der Waals surface area contributed by atoms with Gasteiger partial charge in [-0.15, -0.1) is 0 Å². The van der Waals surface area contributed by atoms with E-state index < -0.39 is 6.10 Å². The normalized spacial score (nSPS) is 16.5. The maximum Gasteiger partial charge on any atom is 0.260 e. The minimum absolute atomic E-state index is 0.0582. The molecular weight excluding hydrogens is 266 g/mol. The average Bonchev–Trinajstić information content (AvgIpc) is 2.93. The van der Waals surface area contributed by atoms with Crippen LogP contribution in [0.15, 0.2) is 18.2 Å². The molecule has 4 nitrogen and oxygen atoms in total. The summed E-state index contributed by atoms with van der Waals surface area (Å²) in [7, 11) is 0. The molecule has 1 amide bonds. The van der Waals surface area contributed by atoms with Crippen LogP contribution >= 0.6 is 0 Å². The van der Waals surface area contributed by atoms with Gasteiger partial charge in [-0.3, -0.25) is 9.59 Å². The van der Waals surface area contributed by atoms with E-state index >= 15 is 0 Å². The quantitative estimate of drug-likeness (QED) is 0.848. The Hall–Kier alpha value is -1.84. The van der Waals surface area contributed by atoms with Crippen molar-refractivity contribution < 1.29 is 14.3 Å². The zero-order valence-corrected chi connectivity index (χ0v) is 12.9. The van der Waals surface area contributed by atoms with Crippen LogP contribution in [0.2, 0.25) is 0 Å². The number of hydrogen-bond acceptors (Lipinski definition) is 3. The molecule has 1 aliphatic carbocycles. The molecule has 1 saturated carbocycles. The Morgan fingerprint density at radius 2 is 1.95 bits per heavy atom. The van der Waals surface area contributed by atoms with Gasteiger partial charge in [-0.1, -0.05) is 24.5 Å². The molecule has 1 atom stereocenters. The molecule has 21 heavy (non-hydrogen) atoms. The third kappa shape index (κ3) is 4.06. The summed E-state index contributed by atoms with van der Waals surface area (Å²) in [6.45, 7) is 5.14. The topological polar surface area (TPSA) is 55.4 Å². The van der Waals surface area contributed by atoms with Crippen molar-refractivity contribution in [1.29, 1.82) is 0 Å². The lowest BCUT2D eigenvalue weighted by Gasteiger charge is -2.19. The van der Waals surface area contributed by atoms with Crippen LogP contribution in [0.3, 0.4) is 0 Å². The number of nitrogens with one attached hydrogen (secondary N) is 1. The van der Waals surface area contributed by atoms with E-state index in [9.17, 15) is 9.59 Å². The van der Waals surface area contributed by atoms with Crippen molar-refractivity contribution in [2.45, 2.75) is 58.6 Å². The Balaban J connectivity index is 2.03. The first kappa shape index (κ1) is 15.5. The second-order valence-corrected chi connectivity index (χ2v) is 5.81. The van der Waals surface area contributed by atoms with Crippen LogP contribution in [-0.2, 0) is 4.79 Å². The Morgan fingerprint density at radius 1 is 1.29 bits per heavy atom. The van der Waals surface area contributed by atoms with Gasteiger partial charge >= 0.3 is 0 Å². The van der Waals surface area contributed by atoms with Gasteiger partial charge in [0.2, 0.25) is 0 Å². The fourth-order valence-corrected chi connectivity index (χ4v) is 2.65. The van der Waals surface area contributed by atoms with Crippen molar-refractivity contribution >= 4 is 11.7 Å². The number of hydrogen-bond donors (Lipinski definition) is 1. The highest BCUT2D eigenvalue weighted by Crippen LogP contribution is 2.22. The van der Waals surface area contributed by atoms with Crippen molar-refractivity contribution in [3.05, 3.63) is 29.3 Å². The van der Waals surface area contributed by atoms with Crippen LogP contribution in [0, 0.1) is 6.92 Å². The van der Waals surface area contributed by atoms with Crippen molar-refractivity contribution in [1.82, 2.24) is 5.32 Å². The first-order chi connectivity index (χ1) is 9.97. The molecule has 0 aromatic heterocycles. The summed E-state index contributed by atoms with van der Waals surface area (Å²) in [6.07, 6.45) is 3.83. The SMILES string of the molecule is CC(=O)c1cc(C)ccc1OC(C)C(=O)NC1CCCC1. The molecule has 1 aromatic rings. The molecule has 0 spiro atoms. The van der Waals surface area contributed by atoms with E-state index in [1.165, 1.54) is 19.8 Å². The Morgan fingerprint density at radius 3 is 2.57 bits per heavy atom. The van der Waals surface area contributed by atoms with Crippen LogP contribution in [0.5, 0.6) is 5.75 Å². The van der Waals surface area contributed by atoms with Crippen molar-refractivity contribution in [2.75, 3.05) is 0 Å². The zero-order chi connectivity index (χ0) is 15.4. The van der Waals surface area contributed by atoms with Crippen LogP contribution < -0.4 is 10.1 Å². The highest BCUT2D eigenvalue weighted by Gasteiger charge is 2.22. The third-order valence-electron chi connectivity index (χ3n) is 3.89. The van der Waals surface area contributed by atoms with E-state index in [2.05, 4.69) is 5.32 Å². The number of amides is 1. The monoisotopic (exact) mass is 289 g/mol. The van der Waals surface area contributed by atoms with Crippen LogP contribution in [-0.4, -0.2) is 23.8 Å². The van der Waals surface area contributed by atoms with Gasteiger partial charge in [0, 0.05) is 6.04 Å². The number of aryl methyl sites for hydroxylation is 1. The second kappa shape index (κ2) is 6.74. The van der Waals surface area contributed by atoms with E-state index in [4.69, 9.17) is 4.74 Å². The molecule has 0 radical (unpaired) electrons. The minimum atomic E-state index is -0.605. The summed E-state index contributed by atoms with van der Waals surface area (Å²) in [6, 6.07) is 5.70. The summed E-state index contributed by atoms with van der Waals surface area (Å²) >= 11 is 0. The molecule has 0 heterocycles. The summed E-state index contributed by atoms with van der Waals surface area (Å²) in [5.74, 6) is 0.302. The van der Waals surface area contributed by atoms with Gasteiger partial charge in [0.25, 0.3) is 5.91 Å². The predicted octanol–water partition coefficient (Wildman–Crippen LogP) is 3.02. The van der Waals surface area contributed by atoms with E-state index in [-0.39, 0.29) is 17.7 Å². The number of Topliss-reactive ketones (excluding diaryl/α,β-unsaturated/α-hetero) is 1. The molecule has 1 unspecified atom stereocenters. The Kier molecular flexibility index (Phi) is 4.99. The van der Waals surface area contributed by atoms with Gasteiger partial charge in [-0.2, -0.15) is 0 Å². The number of ketones is 1. The van der Waals surface area contributed by atoms with Crippen molar-refractivity contribution in [3.63, 3.8) is 0 Å². The van der Waals surface area contributed by atoms with Crippen molar-refractivity contribution in [2.24, 2.45) is 0 Å². The lowest BCUT2D eigenvalue weighted by Crippen LogP contribution is -2.41. The van der Waals surface area contributed by atoms with Gasteiger partial charge < -0.3 is 10.1 Å². The number of carbonyl (C=O) groups is 2. The first-order valence-electron chi connectivity index (χ1n) is 7.56. The Labute approximate surface area is 125 Å². The van der Waals surface area contributed by atoms with Crippen LogP contribution in [0.4, 0.5) is 0 Å². The second-order valence-electron chi connectivity index (χ2n) is 5.81. The van der Waals surface area contributed by atoms with Crippen LogP contribution in [0.25, 0.3) is 0 Å². The van der Waals surface area contributed by atoms with Gasteiger partial charge in [-0.05, 0) is 45.7 Å². The summed E-state index contributed by atoms with van der Waals surface area (Å²) in [4.78, 5) is 23.8. The Bertz CT molecular complexity index is 533. The summed E-state index contributed by atoms with van der Waals surface area (Å²) < 4.78 is 5.70. The molecule has 1 aliphatic rings. The first-order valence-corrected chi connectivity index (χ1v) is 7.56. The standard InChI is InChI=1S/C17H23NO3/c1-11-8-9-16(15(10-11)12(2)19)21-13(3)17(20)18-14-6-4-5-7-14/h8-10,13-14H,4-7H2,1-3H3,(H,18,20). The van der Waals surface area contributed by atoms with E-state index in [1.54, 1.807) is 19.1 Å². The third-order valence-corrected chi connectivity index (χ3v) is 3.89. The van der Waals surface area contributed by atoms with Gasteiger partial charge in [0.1, 0.15) is 5.75 Å². The van der Waals surface area contributed by atoms with Gasteiger partial charge in [0.15, 0.2) is 11.9 Å². The maximum atomic E-state index is 12.1. The molecule has 1 aromatic carbocycles. The predicted molar refractivity (Wildman–Crippen MR) is 81.7 cm³/mol. The lowest BCUT2D eigenvalue weighted by molar-refractivity contribution is -0.127. The van der Waals surface area contributed by atoms with Crippen LogP contribution in [0.1, 0.15) is 55.5 Å². The molecule has 114 valence electrons. The number of ether oxygens (including phenoxy) is 1. The molecule has 1 fully saturated rings. The highest BCUT2D eigenvalue weighted by molar-refractivity contribution is 5.97. The lowest BCUT2D eigenvalue weighted by atomic mass is 10.1. The van der Waals surface area contributed by atoms with E-state index in [0.29, 0.717) is 11.3 Å². The number of benzene rings is 1. The van der Waals surface area contributed by atoms with Gasteiger partial charge in [-0.25, -0.2) is 0 Å². The largest absolute Gasteiger partial charge is 0.480 e. The molecular formula is C17H23NO3. The fraction of sp³-hybridized carbons (Fsp3) is 0.529.